The van der Waals surface area contributed by atoms with Gasteiger partial charge in [-0.05, 0) is 67.8 Å². The van der Waals surface area contributed by atoms with E-state index in [1.807, 2.05) is 96.8 Å². The van der Waals surface area contributed by atoms with Gasteiger partial charge in [-0.25, -0.2) is 0 Å². The van der Waals surface area contributed by atoms with Crippen LogP contribution in [0.3, 0.4) is 0 Å². The van der Waals surface area contributed by atoms with Gasteiger partial charge in [-0.15, -0.1) is 0 Å². The predicted octanol–water partition coefficient (Wildman–Crippen LogP) is 6.27. The number of rotatable bonds is 4. The van der Waals surface area contributed by atoms with Crippen LogP contribution in [0.2, 0.25) is 0 Å². The second-order valence-electron chi connectivity index (χ2n) is 12.6. The molecular weight excluding hydrogens is 600 g/mol. The molecule has 5 unspecified atom stereocenters. The van der Waals surface area contributed by atoms with Crippen molar-refractivity contribution in [2.75, 3.05) is 4.90 Å². The van der Waals surface area contributed by atoms with E-state index in [9.17, 15) is 25.5 Å². The molecule has 3 aromatic carbocycles. The Labute approximate surface area is 278 Å². The number of carbonyl (C=O) groups excluding carboxylic acids is 1. The van der Waals surface area contributed by atoms with Crippen LogP contribution in [0.4, 0.5) is 5.69 Å². The van der Waals surface area contributed by atoms with Crippen LogP contribution < -0.4 is 9.64 Å². The van der Waals surface area contributed by atoms with Gasteiger partial charge in [0.1, 0.15) is 24.0 Å². The molecule has 48 heavy (non-hydrogen) atoms. The maximum absolute atomic E-state index is 13.8. The van der Waals surface area contributed by atoms with Gasteiger partial charge in [0.05, 0.1) is 17.2 Å². The van der Waals surface area contributed by atoms with Gasteiger partial charge in [0.2, 0.25) is 0 Å². The van der Waals surface area contributed by atoms with Crippen LogP contribution >= 0.6 is 0 Å². The Bertz CT molecular complexity index is 2120. The van der Waals surface area contributed by atoms with Gasteiger partial charge in [-0.1, -0.05) is 54.3 Å². The topological polar surface area (TPSA) is 121 Å². The molecule has 8 heteroatoms. The first kappa shape index (κ1) is 29.5. The molecule has 2 heterocycles. The van der Waals surface area contributed by atoms with Crippen molar-refractivity contribution < 1.29 is 19.7 Å². The third-order valence-electron chi connectivity index (χ3n) is 9.86. The van der Waals surface area contributed by atoms with Crippen molar-refractivity contribution in [1.82, 2.24) is 4.90 Å². The summed E-state index contributed by atoms with van der Waals surface area (Å²) in [4.78, 5) is 17.1. The van der Waals surface area contributed by atoms with E-state index in [0.29, 0.717) is 52.1 Å². The molecule has 1 amide bonds. The number of nitrogens with zero attached hydrogens (tertiary/aromatic N) is 4. The van der Waals surface area contributed by atoms with Gasteiger partial charge in [-0.2, -0.15) is 10.5 Å². The highest BCUT2D eigenvalue weighted by Crippen LogP contribution is 2.51. The monoisotopic (exact) mass is 630 g/mol. The summed E-state index contributed by atoms with van der Waals surface area (Å²) in [5, 5.41) is 41.8. The second kappa shape index (κ2) is 11.4. The van der Waals surface area contributed by atoms with Crippen molar-refractivity contribution in [1.29, 1.82) is 10.5 Å². The molecule has 0 bridgehead atoms. The lowest BCUT2D eigenvalue weighted by atomic mass is 9.98. The second-order valence-corrected chi connectivity index (χ2v) is 12.6. The first-order valence-electron chi connectivity index (χ1n) is 16.0. The Kier molecular flexibility index (Phi) is 7.04. The number of aliphatic hydroxyl groups excluding tert-OH is 2. The molecule has 1 fully saturated rings. The van der Waals surface area contributed by atoms with Crippen molar-refractivity contribution in [3.05, 3.63) is 141 Å². The third-order valence-corrected chi connectivity index (χ3v) is 9.86. The van der Waals surface area contributed by atoms with Crippen molar-refractivity contribution >= 4 is 11.6 Å². The van der Waals surface area contributed by atoms with E-state index < -0.39 is 12.5 Å². The largest absolute Gasteiger partial charge is 0.489 e. The Morgan fingerprint density at radius 3 is 2.33 bits per heavy atom. The zero-order chi connectivity index (χ0) is 33.1. The van der Waals surface area contributed by atoms with E-state index in [4.69, 9.17) is 4.74 Å². The Hall–Kier alpha value is -5.85. The molecule has 0 radical (unpaired) electrons. The molecule has 0 aromatic heterocycles. The summed E-state index contributed by atoms with van der Waals surface area (Å²) in [7, 11) is 0. The third kappa shape index (κ3) is 4.81. The Morgan fingerprint density at radius 2 is 1.60 bits per heavy atom. The molecule has 5 atom stereocenters. The zero-order valence-electron chi connectivity index (χ0n) is 26.0. The minimum atomic E-state index is -1.14. The number of aliphatic hydroxyl groups is 2. The molecular formula is C40H30N4O4. The fourth-order valence-corrected chi connectivity index (χ4v) is 7.34. The molecule has 8 nitrogen and oxygen atoms in total. The fourth-order valence-electron chi connectivity index (χ4n) is 7.34. The lowest BCUT2D eigenvalue weighted by molar-refractivity contribution is 0.0321. The number of hydrogen-bond acceptors (Lipinski definition) is 7. The zero-order valence-corrected chi connectivity index (χ0v) is 26.0. The quantitative estimate of drug-likeness (QED) is 0.326. The molecule has 3 aliphatic carbocycles. The average molecular weight is 631 g/mol. The van der Waals surface area contributed by atoms with Crippen molar-refractivity contribution in [3.63, 3.8) is 0 Å². The molecule has 0 saturated heterocycles. The summed E-state index contributed by atoms with van der Waals surface area (Å²) in [6.45, 7) is 1.99. The van der Waals surface area contributed by atoms with Crippen LogP contribution in [-0.2, 0) is 0 Å². The van der Waals surface area contributed by atoms with E-state index in [2.05, 4.69) is 24.0 Å². The van der Waals surface area contributed by atoms with E-state index >= 15 is 0 Å². The van der Waals surface area contributed by atoms with E-state index in [1.54, 1.807) is 6.07 Å². The first-order chi connectivity index (χ1) is 23.4. The molecule has 0 spiro atoms. The van der Waals surface area contributed by atoms with Gasteiger partial charge >= 0.3 is 0 Å². The SMILES string of the molecule is CC1c2cc3c(cc2C(O)N1c1cccc(OC2C4C=C(C#N)C(C#N)=CC42)c1)C(=O)N(C1=CC(C#Cc2ccccc2)=CCC1)C3O. The summed E-state index contributed by atoms with van der Waals surface area (Å²) in [6.07, 6.45) is 6.53. The minimum absolute atomic E-state index is 0.0427. The van der Waals surface area contributed by atoms with Crippen molar-refractivity contribution in [2.45, 2.75) is 44.4 Å². The summed E-state index contributed by atoms with van der Waals surface area (Å²) < 4.78 is 6.30. The van der Waals surface area contributed by atoms with Gasteiger partial charge < -0.3 is 19.8 Å². The number of benzene rings is 3. The normalized spacial score (nSPS) is 26.3. The van der Waals surface area contributed by atoms with Crippen LogP contribution in [0.5, 0.6) is 5.75 Å². The lowest BCUT2D eigenvalue weighted by Gasteiger charge is -2.28. The van der Waals surface area contributed by atoms with E-state index in [1.165, 1.54) is 4.90 Å². The fraction of sp³-hybridized carbons (Fsp3) is 0.225. The molecule has 3 aromatic rings. The van der Waals surface area contributed by atoms with E-state index in [-0.39, 0.29) is 29.9 Å². The van der Waals surface area contributed by atoms with Crippen molar-refractivity contribution in [3.8, 4) is 29.7 Å². The summed E-state index contributed by atoms with van der Waals surface area (Å²) >= 11 is 0. The average Bonchev–Trinajstić information content (AvgIpc) is 3.63. The maximum Gasteiger partial charge on any atom is 0.260 e. The van der Waals surface area contributed by atoms with Crippen LogP contribution in [0.15, 0.2) is 113 Å². The molecule has 8 rings (SSSR count). The molecule has 2 N–H and O–H groups in total. The molecule has 5 aliphatic rings. The number of hydrogen-bond donors (Lipinski definition) is 2. The van der Waals surface area contributed by atoms with Crippen LogP contribution in [0, 0.1) is 46.3 Å². The van der Waals surface area contributed by atoms with Crippen molar-refractivity contribution in [2.24, 2.45) is 11.8 Å². The lowest BCUT2D eigenvalue weighted by Crippen LogP contribution is -2.28. The summed E-state index contributed by atoms with van der Waals surface area (Å²) in [5.74, 6) is 6.75. The Morgan fingerprint density at radius 1 is 0.854 bits per heavy atom. The number of fused-ring (bicyclic) bond motifs is 3. The number of nitriles is 2. The van der Waals surface area contributed by atoms with E-state index in [0.717, 1.165) is 22.4 Å². The molecule has 234 valence electrons. The standard InChI is InChI=1S/C40H30N4O4/c1-23-31-19-35-36(40(47)44(39(35)46)28-10-5-9-25(15-28)14-13-24-7-3-2-4-8-24)20-34(31)38(45)43(23)29-11-6-12-30(18-29)48-37-32-16-26(21-41)27(22-42)17-33(32)37/h2-4,6-9,11-12,15-20,23,32-33,37-39,45-46H,5,10H2,1H3. The summed E-state index contributed by atoms with van der Waals surface area (Å²) in [6, 6.07) is 24.7. The van der Waals surface area contributed by atoms with Crippen LogP contribution in [-0.4, -0.2) is 27.1 Å². The highest BCUT2D eigenvalue weighted by atomic mass is 16.5. The van der Waals surface area contributed by atoms with Crippen LogP contribution in [0.1, 0.15) is 70.9 Å². The number of anilines is 1. The van der Waals surface area contributed by atoms with Gasteiger partial charge in [-0.3, -0.25) is 9.69 Å². The molecule has 1 saturated carbocycles. The number of carbonyl (C=O) groups is 1. The van der Waals surface area contributed by atoms with Gasteiger partial charge in [0.25, 0.3) is 5.91 Å². The highest BCUT2D eigenvalue weighted by molar-refractivity contribution is 6.00. The number of allylic oxidation sites excluding steroid dienone is 6. The van der Waals surface area contributed by atoms with Crippen LogP contribution in [0.25, 0.3) is 0 Å². The number of ether oxygens (including phenoxy) is 1. The predicted molar refractivity (Wildman–Crippen MR) is 177 cm³/mol. The van der Waals surface area contributed by atoms with Gasteiger partial charge in [0.15, 0.2) is 12.5 Å². The Balaban J connectivity index is 1.02. The first-order valence-corrected chi connectivity index (χ1v) is 16.0. The smallest absolute Gasteiger partial charge is 0.260 e. The maximum atomic E-state index is 13.8. The van der Waals surface area contributed by atoms with Gasteiger partial charge in [0, 0.05) is 57.1 Å². The summed E-state index contributed by atoms with van der Waals surface area (Å²) in [5.41, 5.74) is 6.29. The number of amides is 1. The minimum Gasteiger partial charge on any atom is -0.489 e. The highest BCUT2D eigenvalue weighted by Gasteiger charge is 2.52. The molecule has 2 aliphatic heterocycles.